The molecule has 0 saturated carbocycles. The summed E-state index contributed by atoms with van der Waals surface area (Å²) in [6.45, 7) is 2.92. The molecule has 3 aliphatic heterocycles. The maximum absolute atomic E-state index is 11.7. The van der Waals surface area contributed by atoms with Crippen LogP contribution < -0.4 is 5.32 Å². The zero-order chi connectivity index (χ0) is 9.87. The number of nitrogens with zero attached hydrogens (tertiary/aromatic N) is 1. The van der Waals surface area contributed by atoms with E-state index in [1.807, 2.05) is 11.8 Å². The standard InChI is InChI=1S/C10H14N2O2/c1-5-7(14-2)3-6-4-11-8-9(6)12(5)10(8)13/h6,8-9,11H,3-4H2,1-2H3. The zero-order valence-corrected chi connectivity index (χ0v) is 8.41. The SMILES string of the molecule is COC1=C(C)N2C(=O)C3NCC(C1)C32. The molecule has 0 spiro atoms. The summed E-state index contributed by atoms with van der Waals surface area (Å²) < 4.78 is 5.31. The maximum Gasteiger partial charge on any atom is 0.246 e. The fourth-order valence-corrected chi connectivity index (χ4v) is 2.93. The summed E-state index contributed by atoms with van der Waals surface area (Å²) >= 11 is 0. The minimum Gasteiger partial charge on any atom is -0.499 e. The monoisotopic (exact) mass is 194 g/mol. The molecule has 0 radical (unpaired) electrons. The highest BCUT2D eigenvalue weighted by molar-refractivity contribution is 5.92. The number of amides is 1. The molecular weight excluding hydrogens is 180 g/mol. The van der Waals surface area contributed by atoms with Crippen molar-refractivity contribution in [3.63, 3.8) is 0 Å². The molecule has 0 aromatic carbocycles. The average molecular weight is 194 g/mol. The number of carbonyl (C=O) groups is 1. The number of nitrogens with one attached hydrogen (secondary N) is 1. The topological polar surface area (TPSA) is 41.6 Å². The van der Waals surface area contributed by atoms with Gasteiger partial charge in [0.15, 0.2) is 0 Å². The second-order valence-electron chi connectivity index (χ2n) is 4.26. The highest BCUT2D eigenvalue weighted by Crippen LogP contribution is 2.42. The summed E-state index contributed by atoms with van der Waals surface area (Å²) in [6, 6.07) is 0.495. The first-order chi connectivity index (χ1) is 6.74. The third kappa shape index (κ3) is 0.756. The van der Waals surface area contributed by atoms with Gasteiger partial charge in [0.25, 0.3) is 0 Å². The third-order valence-electron chi connectivity index (χ3n) is 3.68. The van der Waals surface area contributed by atoms with Gasteiger partial charge in [-0.25, -0.2) is 0 Å². The van der Waals surface area contributed by atoms with Crippen LogP contribution in [0, 0.1) is 5.92 Å². The van der Waals surface area contributed by atoms with Crippen molar-refractivity contribution >= 4 is 5.91 Å². The van der Waals surface area contributed by atoms with E-state index in [1.54, 1.807) is 7.11 Å². The van der Waals surface area contributed by atoms with Gasteiger partial charge < -0.3 is 15.0 Å². The molecule has 3 rings (SSSR count). The van der Waals surface area contributed by atoms with Crippen LogP contribution in [0.5, 0.6) is 0 Å². The molecule has 14 heavy (non-hydrogen) atoms. The Bertz CT molecular complexity index is 337. The Morgan fingerprint density at radius 3 is 3.07 bits per heavy atom. The van der Waals surface area contributed by atoms with Gasteiger partial charge in [-0.15, -0.1) is 0 Å². The van der Waals surface area contributed by atoms with E-state index in [9.17, 15) is 4.79 Å². The number of hydrogen-bond acceptors (Lipinski definition) is 3. The molecule has 3 heterocycles. The van der Waals surface area contributed by atoms with Crippen LogP contribution in [-0.4, -0.2) is 36.5 Å². The van der Waals surface area contributed by atoms with Crippen LogP contribution >= 0.6 is 0 Å². The Labute approximate surface area is 82.9 Å². The van der Waals surface area contributed by atoms with E-state index in [-0.39, 0.29) is 11.9 Å². The van der Waals surface area contributed by atoms with Crippen LogP contribution in [0.1, 0.15) is 13.3 Å². The lowest BCUT2D eigenvalue weighted by atomic mass is 9.82. The molecular formula is C10H14N2O2. The van der Waals surface area contributed by atoms with Crippen LogP contribution in [0.4, 0.5) is 0 Å². The van der Waals surface area contributed by atoms with Crippen LogP contribution in [0.3, 0.4) is 0 Å². The first-order valence-corrected chi connectivity index (χ1v) is 5.04. The van der Waals surface area contributed by atoms with Crippen molar-refractivity contribution in [1.29, 1.82) is 0 Å². The summed E-state index contributed by atoms with van der Waals surface area (Å²) in [4.78, 5) is 13.6. The minimum absolute atomic E-state index is 0.0911. The smallest absolute Gasteiger partial charge is 0.246 e. The molecule has 0 bridgehead atoms. The van der Waals surface area contributed by atoms with Gasteiger partial charge in [0.1, 0.15) is 11.8 Å². The van der Waals surface area contributed by atoms with E-state index >= 15 is 0 Å². The Morgan fingerprint density at radius 2 is 2.36 bits per heavy atom. The van der Waals surface area contributed by atoms with Crippen LogP contribution in [-0.2, 0) is 9.53 Å². The van der Waals surface area contributed by atoms with Gasteiger partial charge in [-0.1, -0.05) is 0 Å². The normalized spacial score (nSPS) is 39.7. The number of hydrogen-bond donors (Lipinski definition) is 1. The number of methoxy groups -OCH3 is 1. The van der Waals surface area contributed by atoms with Gasteiger partial charge >= 0.3 is 0 Å². The quantitative estimate of drug-likeness (QED) is 0.600. The van der Waals surface area contributed by atoms with E-state index in [1.165, 1.54) is 0 Å². The van der Waals surface area contributed by atoms with Crippen molar-refractivity contribution in [1.82, 2.24) is 10.2 Å². The van der Waals surface area contributed by atoms with Crippen molar-refractivity contribution < 1.29 is 9.53 Å². The Morgan fingerprint density at radius 1 is 1.57 bits per heavy atom. The summed E-state index contributed by atoms with van der Waals surface area (Å²) in [5, 5.41) is 3.27. The molecule has 0 aromatic heterocycles. The van der Waals surface area contributed by atoms with E-state index in [0.717, 1.165) is 24.4 Å². The minimum atomic E-state index is 0.0911. The molecule has 2 saturated heterocycles. The van der Waals surface area contributed by atoms with Gasteiger partial charge in [-0.3, -0.25) is 4.79 Å². The lowest BCUT2D eigenvalue weighted by molar-refractivity contribution is -0.147. The van der Waals surface area contributed by atoms with Crippen molar-refractivity contribution in [2.24, 2.45) is 5.92 Å². The number of carbonyl (C=O) groups excluding carboxylic acids is 1. The van der Waals surface area contributed by atoms with Crippen LogP contribution in [0.2, 0.25) is 0 Å². The molecule has 76 valence electrons. The number of ether oxygens (including phenoxy) is 1. The second-order valence-corrected chi connectivity index (χ2v) is 4.26. The summed E-state index contributed by atoms with van der Waals surface area (Å²) in [5.41, 5.74) is 1.01. The van der Waals surface area contributed by atoms with Crippen LogP contribution in [0.25, 0.3) is 0 Å². The molecule has 3 atom stereocenters. The second kappa shape index (κ2) is 2.51. The van der Waals surface area contributed by atoms with Crippen molar-refractivity contribution in [3.05, 3.63) is 11.5 Å². The van der Waals surface area contributed by atoms with Gasteiger partial charge in [0.2, 0.25) is 5.91 Å². The number of rotatable bonds is 1. The highest BCUT2D eigenvalue weighted by atomic mass is 16.5. The van der Waals surface area contributed by atoms with Crippen LogP contribution in [0.15, 0.2) is 11.5 Å². The molecule has 4 nitrogen and oxygen atoms in total. The lowest BCUT2D eigenvalue weighted by Crippen LogP contribution is -2.67. The van der Waals surface area contributed by atoms with Crippen molar-refractivity contribution in [2.45, 2.75) is 25.4 Å². The molecule has 1 amide bonds. The first-order valence-electron chi connectivity index (χ1n) is 5.04. The zero-order valence-electron chi connectivity index (χ0n) is 8.41. The van der Waals surface area contributed by atoms with Gasteiger partial charge in [0.05, 0.1) is 18.8 Å². The molecule has 3 unspecified atom stereocenters. The molecule has 4 heteroatoms. The third-order valence-corrected chi connectivity index (χ3v) is 3.68. The highest BCUT2D eigenvalue weighted by Gasteiger charge is 2.58. The largest absolute Gasteiger partial charge is 0.499 e. The van der Waals surface area contributed by atoms with E-state index in [0.29, 0.717) is 12.0 Å². The van der Waals surface area contributed by atoms with E-state index < -0.39 is 0 Å². The first kappa shape index (κ1) is 8.29. The molecule has 3 aliphatic rings. The molecule has 2 fully saturated rings. The fourth-order valence-electron chi connectivity index (χ4n) is 2.93. The predicted molar refractivity (Wildman–Crippen MR) is 50.2 cm³/mol. The number of allylic oxidation sites excluding steroid dienone is 2. The van der Waals surface area contributed by atoms with E-state index in [2.05, 4.69) is 5.32 Å². The van der Waals surface area contributed by atoms with Gasteiger partial charge in [0, 0.05) is 18.9 Å². The molecule has 1 N–H and O–H groups in total. The molecule has 0 aliphatic carbocycles. The Balaban J connectivity index is 2.01. The Hall–Kier alpha value is -1.03. The summed E-state index contributed by atoms with van der Waals surface area (Å²) in [6.07, 6.45) is 0.972. The fraction of sp³-hybridized carbons (Fsp3) is 0.700. The molecule has 0 aromatic rings. The summed E-state index contributed by atoms with van der Waals surface area (Å²) in [7, 11) is 1.68. The van der Waals surface area contributed by atoms with E-state index in [4.69, 9.17) is 4.74 Å². The number of β-lactam (4-membered cyclic amide) rings is 1. The van der Waals surface area contributed by atoms with Crippen molar-refractivity contribution in [3.8, 4) is 0 Å². The predicted octanol–water partition coefficient (Wildman–Crippen LogP) is 0.0668. The van der Waals surface area contributed by atoms with Gasteiger partial charge in [-0.2, -0.15) is 0 Å². The van der Waals surface area contributed by atoms with Crippen molar-refractivity contribution in [2.75, 3.05) is 13.7 Å². The lowest BCUT2D eigenvalue weighted by Gasteiger charge is -2.48. The van der Waals surface area contributed by atoms with Gasteiger partial charge in [-0.05, 0) is 6.92 Å². The maximum atomic E-state index is 11.7. The Kier molecular flexibility index (Phi) is 1.49. The summed E-state index contributed by atoms with van der Waals surface area (Å²) in [5.74, 6) is 1.74. The average Bonchev–Trinajstić information content (AvgIpc) is 2.56.